The largest absolute Gasteiger partial charge is 0.380 e. The Hall–Kier alpha value is -0.950. The lowest BCUT2D eigenvalue weighted by Gasteiger charge is -2.14. The van der Waals surface area contributed by atoms with Gasteiger partial charge in [-0.25, -0.2) is 13.1 Å². The van der Waals surface area contributed by atoms with Crippen LogP contribution in [-0.2, 0) is 21.3 Å². The van der Waals surface area contributed by atoms with Crippen LogP contribution >= 0.6 is 0 Å². The van der Waals surface area contributed by atoms with Crippen molar-refractivity contribution < 1.29 is 13.2 Å². The predicted octanol–water partition coefficient (Wildman–Crippen LogP) is 1.89. The molecule has 0 spiro atoms. The maximum atomic E-state index is 12.3. The number of sulfonamides is 1. The van der Waals surface area contributed by atoms with Gasteiger partial charge in [0.05, 0.1) is 11.5 Å². The average Bonchev–Trinajstić information content (AvgIpc) is 2.45. The Labute approximate surface area is 128 Å². The summed E-state index contributed by atoms with van der Waals surface area (Å²) in [7, 11) is -3.50. The van der Waals surface area contributed by atoms with Gasteiger partial charge in [0.2, 0.25) is 10.0 Å². The van der Waals surface area contributed by atoms with E-state index >= 15 is 0 Å². The molecule has 1 aromatic carbocycles. The second-order valence-electron chi connectivity index (χ2n) is 5.01. The van der Waals surface area contributed by atoms with Crippen molar-refractivity contribution in [2.24, 2.45) is 0 Å². The molecule has 1 atom stereocenters. The molecule has 0 aliphatic rings. The van der Waals surface area contributed by atoms with Crippen LogP contribution in [0.5, 0.6) is 0 Å². The van der Waals surface area contributed by atoms with Crippen LogP contribution in [-0.4, -0.2) is 34.2 Å². The number of hydrogen-bond acceptors (Lipinski definition) is 4. The first-order valence-corrected chi connectivity index (χ1v) is 8.87. The summed E-state index contributed by atoms with van der Waals surface area (Å²) in [6.07, 6.45) is 1.05. The Morgan fingerprint density at radius 3 is 2.71 bits per heavy atom. The van der Waals surface area contributed by atoms with Crippen LogP contribution in [0.4, 0.5) is 0 Å². The molecule has 1 unspecified atom stereocenters. The van der Waals surface area contributed by atoms with Crippen molar-refractivity contribution in [3.63, 3.8) is 0 Å². The van der Waals surface area contributed by atoms with Crippen LogP contribution in [0.2, 0.25) is 0 Å². The molecule has 6 heteroatoms. The smallest absolute Gasteiger partial charge is 0.240 e. The molecule has 0 aromatic heterocycles. The van der Waals surface area contributed by atoms with Crippen LogP contribution in [0.1, 0.15) is 32.8 Å². The van der Waals surface area contributed by atoms with Crippen LogP contribution in [0.3, 0.4) is 0 Å². The van der Waals surface area contributed by atoms with Crippen molar-refractivity contribution >= 4 is 10.0 Å². The van der Waals surface area contributed by atoms with E-state index in [-0.39, 0.29) is 6.04 Å². The Morgan fingerprint density at radius 1 is 1.29 bits per heavy atom. The molecule has 0 aliphatic carbocycles. The van der Waals surface area contributed by atoms with Gasteiger partial charge >= 0.3 is 0 Å². The van der Waals surface area contributed by atoms with E-state index in [1.807, 2.05) is 13.0 Å². The van der Waals surface area contributed by atoms with E-state index in [0.29, 0.717) is 24.7 Å². The first kappa shape index (κ1) is 18.1. The van der Waals surface area contributed by atoms with E-state index < -0.39 is 10.0 Å². The summed E-state index contributed by atoms with van der Waals surface area (Å²) >= 11 is 0. The molecule has 0 bridgehead atoms. The van der Waals surface area contributed by atoms with Crippen LogP contribution < -0.4 is 10.0 Å². The molecule has 0 radical (unpaired) electrons. The van der Waals surface area contributed by atoms with Crippen LogP contribution in [0, 0.1) is 0 Å². The highest BCUT2D eigenvalue weighted by Crippen LogP contribution is 2.12. The van der Waals surface area contributed by atoms with E-state index in [9.17, 15) is 8.42 Å². The van der Waals surface area contributed by atoms with Crippen molar-refractivity contribution in [3.05, 3.63) is 29.8 Å². The fourth-order valence-corrected chi connectivity index (χ4v) is 3.19. The zero-order chi connectivity index (χ0) is 15.7. The minimum atomic E-state index is -3.50. The van der Waals surface area contributed by atoms with Crippen molar-refractivity contribution in [2.45, 2.75) is 44.7 Å². The molecule has 1 aromatic rings. The van der Waals surface area contributed by atoms with Gasteiger partial charge in [-0.1, -0.05) is 19.1 Å². The van der Waals surface area contributed by atoms with Gasteiger partial charge in [0.25, 0.3) is 0 Å². The molecular formula is C15H26N2O3S. The minimum absolute atomic E-state index is 0.253. The maximum absolute atomic E-state index is 12.3. The van der Waals surface area contributed by atoms with E-state index in [1.165, 1.54) is 0 Å². The Balaban J connectivity index is 2.71. The highest BCUT2D eigenvalue weighted by Gasteiger charge is 2.17. The van der Waals surface area contributed by atoms with Gasteiger partial charge in [0.15, 0.2) is 0 Å². The maximum Gasteiger partial charge on any atom is 0.240 e. The third-order valence-corrected chi connectivity index (χ3v) is 4.48. The van der Waals surface area contributed by atoms with E-state index in [1.54, 1.807) is 25.1 Å². The second kappa shape index (κ2) is 9.15. The number of rotatable bonds is 10. The molecule has 1 rings (SSSR count). The van der Waals surface area contributed by atoms with Crippen LogP contribution in [0.15, 0.2) is 29.2 Å². The first-order chi connectivity index (χ1) is 9.99. The lowest BCUT2D eigenvalue weighted by molar-refractivity contribution is 0.133. The fraction of sp³-hybridized carbons (Fsp3) is 0.600. The molecule has 5 nitrogen and oxygen atoms in total. The summed E-state index contributed by atoms with van der Waals surface area (Å²) in [5.74, 6) is 0. The Morgan fingerprint density at radius 2 is 2.05 bits per heavy atom. The quantitative estimate of drug-likeness (QED) is 0.647. The molecule has 0 fully saturated rings. The number of hydrogen-bond donors (Lipinski definition) is 2. The molecule has 0 aliphatic heterocycles. The summed E-state index contributed by atoms with van der Waals surface area (Å²) < 4.78 is 32.5. The summed E-state index contributed by atoms with van der Waals surface area (Å²) in [5, 5.41) is 3.26. The fourth-order valence-electron chi connectivity index (χ4n) is 1.89. The number of nitrogens with one attached hydrogen (secondary N) is 2. The topological polar surface area (TPSA) is 67.4 Å². The SMILES string of the molecule is CCCNCc1cccc(S(=O)(=O)NC(C)COCC)c1. The van der Waals surface area contributed by atoms with Gasteiger partial charge in [0.1, 0.15) is 0 Å². The summed E-state index contributed by atoms with van der Waals surface area (Å²) in [4.78, 5) is 0.293. The van der Waals surface area contributed by atoms with Crippen molar-refractivity contribution in [3.8, 4) is 0 Å². The number of benzene rings is 1. The van der Waals surface area contributed by atoms with E-state index in [2.05, 4.69) is 17.0 Å². The normalized spacial score (nSPS) is 13.3. The molecule has 0 amide bonds. The van der Waals surface area contributed by atoms with E-state index in [0.717, 1.165) is 18.5 Å². The van der Waals surface area contributed by atoms with Gasteiger partial charge in [-0.15, -0.1) is 0 Å². The first-order valence-electron chi connectivity index (χ1n) is 7.39. The summed E-state index contributed by atoms with van der Waals surface area (Å²) in [6, 6.07) is 6.75. The van der Waals surface area contributed by atoms with Crippen molar-refractivity contribution in [1.82, 2.24) is 10.0 Å². The van der Waals surface area contributed by atoms with E-state index in [4.69, 9.17) is 4.74 Å². The van der Waals surface area contributed by atoms with Gasteiger partial charge in [-0.05, 0) is 44.5 Å². The van der Waals surface area contributed by atoms with Crippen molar-refractivity contribution in [1.29, 1.82) is 0 Å². The van der Waals surface area contributed by atoms with Gasteiger partial charge in [0, 0.05) is 19.2 Å². The van der Waals surface area contributed by atoms with Gasteiger partial charge in [-0.3, -0.25) is 0 Å². The molecule has 2 N–H and O–H groups in total. The molecular weight excluding hydrogens is 288 g/mol. The summed E-state index contributed by atoms with van der Waals surface area (Å²) in [6.45, 7) is 8.30. The predicted molar refractivity (Wildman–Crippen MR) is 84.7 cm³/mol. The van der Waals surface area contributed by atoms with Gasteiger partial charge in [-0.2, -0.15) is 0 Å². The third-order valence-electron chi connectivity index (χ3n) is 2.89. The summed E-state index contributed by atoms with van der Waals surface area (Å²) in [5.41, 5.74) is 0.962. The highest BCUT2D eigenvalue weighted by molar-refractivity contribution is 7.89. The molecule has 0 heterocycles. The third kappa shape index (κ3) is 6.56. The lowest BCUT2D eigenvalue weighted by Crippen LogP contribution is -2.35. The highest BCUT2D eigenvalue weighted by atomic mass is 32.2. The van der Waals surface area contributed by atoms with Crippen molar-refractivity contribution in [2.75, 3.05) is 19.8 Å². The molecule has 0 saturated heterocycles. The molecule has 120 valence electrons. The zero-order valence-corrected chi connectivity index (χ0v) is 13.9. The zero-order valence-electron chi connectivity index (χ0n) is 13.1. The minimum Gasteiger partial charge on any atom is -0.380 e. The second-order valence-corrected chi connectivity index (χ2v) is 6.72. The Kier molecular flexibility index (Phi) is 7.88. The standard InChI is InChI=1S/C15H26N2O3S/c1-4-9-16-11-14-7-6-8-15(10-14)21(18,19)17-13(3)12-20-5-2/h6-8,10,13,16-17H,4-5,9,11-12H2,1-3H3. The monoisotopic (exact) mass is 314 g/mol. The lowest BCUT2D eigenvalue weighted by atomic mass is 10.2. The van der Waals surface area contributed by atoms with Gasteiger partial charge < -0.3 is 10.1 Å². The van der Waals surface area contributed by atoms with Crippen LogP contribution in [0.25, 0.3) is 0 Å². The Bertz CT molecular complexity index is 517. The molecule has 0 saturated carbocycles. The average molecular weight is 314 g/mol. The molecule has 21 heavy (non-hydrogen) atoms. The number of ether oxygens (including phenoxy) is 1.